The van der Waals surface area contributed by atoms with Crippen molar-refractivity contribution in [3.05, 3.63) is 36.0 Å². The van der Waals surface area contributed by atoms with Crippen LogP contribution in [0.3, 0.4) is 0 Å². The zero-order chi connectivity index (χ0) is 27.4. The predicted octanol–water partition coefficient (Wildman–Crippen LogP) is 0.479. The number of carboxylic acid groups (broad SMARTS) is 1. The third kappa shape index (κ3) is 9.38. The first-order chi connectivity index (χ1) is 17.7. The third-order valence-corrected chi connectivity index (χ3v) is 6.66. The number of nitrogens with two attached hydrogens (primary N) is 2. The van der Waals surface area contributed by atoms with Crippen LogP contribution in [0.1, 0.15) is 38.2 Å². The van der Waals surface area contributed by atoms with Gasteiger partial charge in [0.15, 0.2) is 0 Å². The summed E-state index contributed by atoms with van der Waals surface area (Å²) in [4.78, 5) is 53.1. The summed E-state index contributed by atoms with van der Waals surface area (Å²) >= 11 is 1.52. The molecule has 3 amide bonds. The molecule has 0 spiro atoms. The monoisotopic (exact) mass is 534 g/mol. The Balaban J connectivity index is 1.99. The lowest BCUT2D eigenvalue weighted by Gasteiger charge is -2.23. The zero-order valence-corrected chi connectivity index (χ0v) is 22.1. The highest BCUT2D eigenvalue weighted by molar-refractivity contribution is 7.98. The fourth-order valence-corrected chi connectivity index (χ4v) is 4.29. The molecule has 0 aliphatic carbocycles. The Labute approximate surface area is 220 Å². The average Bonchev–Trinajstić information content (AvgIpc) is 3.28. The summed E-state index contributed by atoms with van der Waals surface area (Å²) in [6, 6.07) is 3.62. The summed E-state index contributed by atoms with van der Waals surface area (Å²) in [6.07, 6.45) is 5.92. The van der Waals surface area contributed by atoms with Gasteiger partial charge in [-0.1, -0.05) is 24.6 Å². The standard InChI is InChI=1S/C25H38N6O5S/c1-15(29-24(34)20(10-12-37-2)30-23(33)18(27)8-5-6-11-26)22(32)31-21(25(35)36)13-16-14-28-19-9-4-3-7-17(16)19/h3-4,7,9,14-15,18,20-21,28H,5-6,8,10-13,26-27H2,1-2H3,(H,29,34)(H,30,33)(H,31,32)(H,35,36). The van der Waals surface area contributed by atoms with Crippen molar-refractivity contribution in [3.8, 4) is 0 Å². The van der Waals surface area contributed by atoms with E-state index in [2.05, 4.69) is 20.9 Å². The van der Waals surface area contributed by atoms with Crippen molar-refractivity contribution in [3.63, 3.8) is 0 Å². The van der Waals surface area contributed by atoms with Gasteiger partial charge in [-0.25, -0.2) is 4.79 Å². The number of rotatable bonds is 16. The number of nitrogens with one attached hydrogen (secondary N) is 4. The Hall–Kier alpha value is -3.09. The largest absolute Gasteiger partial charge is 0.480 e. The van der Waals surface area contributed by atoms with E-state index in [0.29, 0.717) is 31.6 Å². The minimum atomic E-state index is -1.19. The predicted molar refractivity (Wildman–Crippen MR) is 145 cm³/mol. The summed E-state index contributed by atoms with van der Waals surface area (Å²) < 4.78 is 0. The van der Waals surface area contributed by atoms with Crippen molar-refractivity contribution in [2.24, 2.45) is 11.5 Å². The van der Waals surface area contributed by atoms with Crippen LogP contribution < -0.4 is 27.4 Å². The molecule has 4 unspecified atom stereocenters. The minimum absolute atomic E-state index is 0.0696. The maximum Gasteiger partial charge on any atom is 0.326 e. The summed E-state index contributed by atoms with van der Waals surface area (Å²) in [7, 11) is 0. The number of para-hydroxylation sites is 1. The van der Waals surface area contributed by atoms with Crippen molar-refractivity contribution in [2.75, 3.05) is 18.6 Å². The summed E-state index contributed by atoms with van der Waals surface area (Å²) in [6.45, 7) is 1.97. The number of H-pyrrole nitrogens is 1. The number of carbonyl (C=O) groups excluding carboxylic acids is 3. The van der Waals surface area contributed by atoms with Crippen LogP contribution in [0.25, 0.3) is 10.9 Å². The van der Waals surface area contributed by atoms with Crippen LogP contribution in [-0.2, 0) is 25.6 Å². The van der Waals surface area contributed by atoms with E-state index < -0.39 is 47.9 Å². The minimum Gasteiger partial charge on any atom is -0.480 e. The molecule has 37 heavy (non-hydrogen) atoms. The number of carboxylic acids is 1. The summed E-state index contributed by atoms with van der Waals surface area (Å²) in [5.41, 5.74) is 13.0. The fraction of sp³-hybridized carbons (Fsp3) is 0.520. The lowest BCUT2D eigenvalue weighted by Crippen LogP contribution is -2.56. The van der Waals surface area contributed by atoms with Gasteiger partial charge in [-0.2, -0.15) is 11.8 Å². The molecule has 11 nitrogen and oxygen atoms in total. The van der Waals surface area contributed by atoms with E-state index in [-0.39, 0.29) is 6.42 Å². The van der Waals surface area contributed by atoms with Gasteiger partial charge >= 0.3 is 5.97 Å². The van der Waals surface area contributed by atoms with E-state index in [9.17, 15) is 24.3 Å². The summed E-state index contributed by atoms with van der Waals surface area (Å²) in [5.74, 6) is -2.21. The molecule has 0 fully saturated rings. The molecule has 1 aromatic carbocycles. The Morgan fingerprint density at radius 1 is 1.00 bits per heavy atom. The highest BCUT2D eigenvalue weighted by Gasteiger charge is 2.28. The van der Waals surface area contributed by atoms with Crippen molar-refractivity contribution in [1.82, 2.24) is 20.9 Å². The second-order valence-electron chi connectivity index (χ2n) is 8.93. The van der Waals surface area contributed by atoms with E-state index >= 15 is 0 Å². The van der Waals surface area contributed by atoms with Gasteiger partial charge in [0.25, 0.3) is 0 Å². The second-order valence-corrected chi connectivity index (χ2v) is 9.91. The maximum atomic E-state index is 12.9. The Morgan fingerprint density at radius 3 is 2.38 bits per heavy atom. The number of aliphatic carboxylic acids is 1. The zero-order valence-electron chi connectivity index (χ0n) is 21.3. The smallest absolute Gasteiger partial charge is 0.326 e. The Morgan fingerprint density at radius 2 is 1.70 bits per heavy atom. The van der Waals surface area contributed by atoms with Crippen LogP contribution in [0, 0.1) is 0 Å². The van der Waals surface area contributed by atoms with Crippen LogP contribution in [-0.4, -0.2) is 76.5 Å². The first-order valence-corrected chi connectivity index (χ1v) is 13.7. The quantitative estimate of drug-likeness (QED) is 0.151. The molecule has 204 valence electrons. The molecule has 1 heterocycles. The normalized spacial score (nSPS) is 14.4. The van der Waals surface area contributed by atoms with Gasteiger partial charge in [-0.05, 0) is 56.4 Å². The van der Waals surface area contributed by atoms with E-state index in [1.54, 1.807) is 6.20 Å². The van der Waals surface area contributed by atoms with E-state index in [4.69, 9.17) is 11.5 Å². The number of fused-ring (bicyclic) bond motifs is 1. The number of unbranched alkanes of at least 4 members (excludes halogenated alkanes) is 1. The number of thioether (sulfide) groups is 1. The number of hydrogen-bond donors (Lipinski definition) is 7. The molecule has 2 aromatic rings. The SMILES string of the molecule is CSCCC(NC(=O)C(N)CCCCN)C(=O)NC(C)C(=O)NC(Cc1c[nH]c2ccccc12)C(=O)O. The summed E-state index contributed by atoms with van der Waals surface area (Å²) in [5, 5.41) is 18.3. The molecular formula is C25H38N6O5S. The van der Waals surface area contributed by atoms with Crippen LogP contribution in [0.5, 0.6) is 0 Å². The lowest BCUT2D eigenvalue weighted by atomic mass is 10.0. The van der Waals surface area contributed by atoms with Crippen molar-refractivity contribution < 1.29 is 24.3 Å². The van der Waals surface area contributed by atoms with E-state index in [1.165, 1.54) is 18.7 Å². The van der Waals surface area contributed by atoms with Crippen LogP contribution in [0.4, 0.5) is 0 Å². The molecule has 0 aliphatic heterocycles. The topological polar surface area (TPSA) is 192 Å². The van der Waals surface area contributed by atoms with E-state index in [0.717, 1.165) is 22.9 Å². The number of aromatic amines is 1. The van der Waals surface area contributed by atoms with Crippen molar-refractivity contribution in [2.45, 2.75) is 63.2 Å². The van der Waals surface area contributed by atoms with Gasteiger partial charge in [-0.3, -0.25) is 14.4 Å². The Kier molecular flexibility index (Phi) is 12.4. The molecule has 4 atom stereocenters. The third-order valence-electron chi connectivity index (χ3n) is 6.02. The molecule has 9 N–H and O–H groups in total. The molecule has 12 heteroatoms. The fourth-order valence-electron chi connectivity index (χ4n) is 3.82. The van der Waals surface area contributed by atoms with Gasteiger partial charge in [0.1, 0.15) is 18.1 Å². The molecule has 1 aromatic heterocycles. The van der Waals surface area contributed by atoms with Crippen LogP contribution >= 0.6 is 11.8 Å². The Bertz CT molecular complexity index is 1060. The number of carbonyl (C=O) groups is 4. The van der Waals surface area contributed by atoms with Crippen molar-refractivity contribution in [1.29, 1.82) is 0 Å². The molecule has 0 aliphatic rings. The average molecular weight is 535 g/mol. The first-order valence-electron chi connectivity index (χ1n) is 12.3. The molecule has 0 saturated carbocycles. The first kappa shape index (κ1) is 30.1. The number of amides is 3. The lowest BCUT2D eigenvalue weighted by molar-refractivity contribution is -0.142. The van der Waals surface area contributed by atoms with Gasteiger partial charge in [0.2, 0.25) is 17.7 Å². The maximum absolute atomic E-state index is 12.9. The molecule has 0 bridgehead atoms. The molecule has 0 saturated heterocycles. The molecular weight excluding hydrogens is 496 g/mol. The van der Waals surface area contributed by atoms with Gasteiger partial charge in [0.05, 0.1) is 6.04 Å². The van der Waals surface area contributed by atoms with Crippen LogP contribution in [0.15, 0.2) is 30.5 Å². The van der Waals surface area contributed by atoms with Gasteiger partial charge in [0, 0.05) is 23.5 Å². The number of benzene rings is 1. The van der Waals surface area contributed by atoms with Gasteiger partial charge < -0.3 is 37.5 Å². The number of hydrogen-bond acceptors (Lipinski definition) is 7. The second kappa shape index (κ2) is 15.2. The highest BCUT2D eigenvalue weighted by atomic mass is 32.2. The van der Waals surface area contributed by atoms with Gasteiger partial charge in [-0.15, -0.1) is 0 Å². The molecule has 0 radical (unpaired) electrons. The number of aromatic nitrogens is 1. The van der Waals surface area contributed by atoms with Crippen LogP contribution in [0.2, 0.25) is 0 Å². The highest BCUT2D eigenvalue weighted by Crippen LogP contribution is 2.19. The van der Waals surface area contributed by atoms with Crippen molar-refractivity contribution >= 4 is 46.4 Å². The molecule has 2 rings (SSSR count). The van der Waals surface area contributed by atoms with E-state index in [1.807, 2.05) is 30.5 Å².